The first-order chi connectivity index (χ1) is 8.81. The van der Waals surface area contributed by atoms with E-state index in [0.717, 1.165) is 18.7 Å². The number of hydrogen-bond donors (Lipinski definition) is 0. The number of pyridine rings is 2. The van der Waals surface area contributed by atoms with Crippen LogP contribution >= 0.6 is 0 Å². The highest BCUT2D eigenvalue weighted by molar-refractivity contribution is 5.15. The van der Waals surface area contributed by atoms with Crippen molar-refractivity contribution in [3.8, 4) is 0 Å². The molecular weight excluding hydrogens is 222 g/mol. The van der Waals surface area contributed by atoms with Crippen molar-refractivity contribution >= 4 is 0 Å². The molecule has 1 atom stereocenters. The summed E-state index contributed by atoms with van der Waals surface area (Å²) in [6.45, 7) is 3.07. The third-order valence-electron chi connectivity index (χ3n) is 3.15. The van der Waals surface area contributed by atoms with Gasteiger partial charge in [-0.15, -0.1) is 0 Å². The molecule has 2 aromatic rings. The summed E-state index contributed by atoms with van der Waals surface area (Å²) < 4.78 is 0. The van der Waals surface area contributed by atoms with Gasteiger partial charge < -0.3 is 0 Å². The summed E-state index contributed by atoms with van der Waals surface area (Å²) >= 11 is 0. The van der Waals surface area contributed by atoms with E-state index in [2.05, 4.69) is 47.0 Å². The molecule has 3 nitrogen and oxygen atoms in total. The summed E-state index contributed by atoms with van der Waals surface area (Å²) in [5, 5.41) is 0. The molecule has 0 aromatic carbocycles. The number of rotatable bonds is 5. The van der Waals surface area contributed by atoms with E-state index in [1.807, 2.05) is 30.7 Å². The second-order valence-electron chi connectivity index (χ2n) is 4.44. The van der Waals surface area contributed by atoms with E-state index in [4.69, 9.17) is 0 Å². The lowest BCUT2D eigenvalue weighted by Gasteiger charge is -2.27. The molecule has 94 valence electrons. The Kier molecular flexibility index (Phi) is 4.42. The van der Waals surface area contributed by atoms with Crippen LogP contribution in [0.2, 0.25) is 0 Å². The SMILES string of the molecule is CC[C@@H](c1ccncc1)N(C)Cc1ccccn1. The third kappa shape index (κ3) is 3.14. The van der Waals surface area contributed by atoms with Gasteiger partial charge in [0.05, 0.1) is 5.69 Å². The van der Waals surface area contributed by atoms with Crippen LogP contribution in [0.25, 0.3) is 0 Å². The Morgan fingerprint density at radius 2 is 1.89 bits per heavy atom. The number of nitrogens with zero attached hydrogens (tertiary/aromatic N) is 3. The van der Waals surface area contributed by atoms with Crippen LogP contribution in [-0.4, -0.2) is 21.9 Å². The first kappa shape index (κ1) is 12.7. The second-order valence-corrected chi connectivity index (χ2v) is 4.44. The number of hydrogen-bond acceptors (Lipinski definition) is 3. The van der Waals surface area contributed by atoms with Gasteiger partial charge in [0.2, 0.25) is 0 Å². The molecule has 2 aromatic heterocycles. The predicted molar refractivity (Wildman–Crippen MR) is 73.0 cm³/mol. The molecule has 0 N–H and O–H groups in total. The molecule has 0 spiro atoms. The van der Waals surface area contributed by atoms with Crippen LogP contribution < -0.4 is 0 Å². The summed E-state index contributed by atoms with van der Waals surface area (Å²) in [6.07, 6.45) is 6.63. The van der Waals surface area contributed by atoms with Crippen LogP contribution in [0.1, 0.15) is 30.6 Å². The van der Waals surface area contributed by atoms with Crippen molar-refractivity contribution < 1.29 is 0 Å². The van der Waals surface area contributed by atoms with E-state index in [1.54, 1.807) is 0 Å². The molecule has 0 saturated carbocycles. The zero-order chi connectivity index (χ0) is 12.8. The molecular formula is C15H19N3. The summed E-state index contributed by atoms with van der Waals surface area (Å²) in [7, 11) is 2.14. The highest BCUT2D eigenvalue weighted by Crippen LogP contribution is 2.23. The molecule has 18 heavy (non-hydrogen) atoms. The predicted octanol–water partition coefficient (Wildman–Crippen LogP) is 3.06. The quantitative estimate of drug-likeness (QED) is 0.805. The highest BCUT2D eigenvalue weighted by Gasteiger charge is 2.15. The van der Waals surface area contributed by atoms with Crippen LogP contribution in [0.3, 0.4) is 0 Å². The van der Waals surface area contributed by atoms with Crippen molar-refractivity contribution in [3.05, 3.63) is 60.2 Å². The maximum Gasteiger partial charge on any atom is 0.0544 e. The van der Waals surface area contributed by atoms with Crippen molar-refractivity contribution in [2.45, 2.75) is 25.9 Å². The van der Waals surface area contributed by atoms with Gasteiger partial charge in [0, 0.05) is 31.2 Å². The minimum atomic E-state index is 0.412. The molecule has 0 fully saturated rings. The van der Waals surface area contributed by atoms with Gasteiger partial charge in [0.1, 0.15) is 0 Å². The van der Waals surface area contributed by atoms with Crippen molar-refractivity contribution in [1.29, 1.82) is 0 Å². The average Bonchev–Trinajstić information content (AvgIpc) is 2.42. The fourth-order valence-corrected chi connectivity index (χ4v) is 2.24. The Morgan fingerprint density at radius 3 is 2.50 bits per heavy atom. The molecule has 0 aliphatic heterocycles. The van der Waals surface area contributed by atoms with Gasteiger partial charge in [0.25, 0.3) is 0 Å². The van der Waals surface area contributed by atoms with E-state index in [-0.39, 0.29) is 0 Å². The molecule has 0 bridgehead atoms. The minimum Gasteiger partial charge on any atom is -0.294 e. The zero-order valence-electron chi connectivity index (χ0n) is 11.0. The Balaban J connectivity index is 2.09. The van der Waals surface area contributed by atoms with Gasteiger partial charge in [-0.05, 0) is 43.3 Å². The Bertz CT molecular complexity index is 456. The average molecular weight is 241 g/mol. The summed E-state index contributed by atoms with van der Waals surface area (Å²) in [5.41, 5.74) is 2.42. The fourth-order valence-electron chi connectivity index (χ4n) is 2.24. The maximum absolute atomic E-state index is 4.38. The lowest BCUT2D eigenvalue weighted by atomic mass is 10.0. The molecule has 0 amide bonds. The summed E-state index contributed by atoms with van der Waals surface area (Å²) in [4.78, 5) is 10.8. The van der Waals surface area contributed by atoms with Gasteiger partial charge in [-0.1, -0.05) is 13.0 Å². The first-order valence-electron chi connectivity index (χ1n) is 6.31. The second kappa shape index (κ2) is 6.26. The first-order valence-corrected chi connectivity index (χ1v) is 6.31. The smallest absolute Gasteiger partial charge is 0.0544 e. The summed E-state index contributed by atoms with van der Waals surface area (Å²) in [6, 6.07) is 10.6. The van der Waals surface area contributed by atoms with Crippen molar-refractivity contribution in [2.24, 2.45) is 0 Å². The normalized spacial score (nSPS) is 12.6. The Morgan fingerprint density at radius 1 is 1.11 bits per heavy atom. The minimum absolute atomic E-state index is 0.412. The van der Waals surface area contributed by atoms with E-state index in [9.17, 15) is 0 Å². The van der Waals surface area contributed by atoms with E-state index in [0.29, 0.717) is 6.04 Å². The number of aromatic nitrogens is 2. The molecule has 3 heteroatoms. The van der Waals surface area contributed by atoms with Crippen molar-refractivity contribution in [2.75, 3.05) is 7.05 Å². The molecule has 2 rings (SSSR count). The highest BCUT2D eigenvalue weighted by atomic mass is 15.1. The molecule has 0 aliphatic rings. The monoisotopic (exact) mass is 241 g/mol. The van der Waals surface area contributed by atoms with Gasteiger partial charge in [-0.2, -0.15) is 0 Å². The van der Waals surface area contributed by atoms with Crippen LogP contribution in [0, 0.1) is 0 Å². The molecule has 0 unspecified atom stereocenters. The van der Waals surface area contributed by atoms with Crippen molar-refractivity contribution in [3.63, 3.8) is 0 Å². The summed E-state index contributed by atoms with van der Waals surface area (Å²) in [5.74, 6) is 0. The molecule has 2 heterocycles. The zero-order valence-corrected chi connectivity index (χ0v) is 11.0. The Hall–Kier alpha value is -1.74. The molecule has 0 aliphatic carbocycles. The van der Waals surface area contributed by atoms with Crippen LogP contribution in [-0.2, 0) is 6.54 Å². The lowest BCUT2D eigenvalue weighted by Crippen LogP contribution is -2.24. The van der Waals surface area contributed by atoms with Gasteiger partial charge in [0.15, 0.2) is 0 Å². The van der Waals surface area contributed by atoms with E-state index >= 15 is 0 Å². The topological polar surface area (TPSA) is 29.0 Å². The third-order valence-corrected chi connectivity index (χ3v) is 3.15. The standard InChI is InChI=1S/C15H19N3/c1-3-15(13-7-10-16-11-8-13)18(2)12-14-6-4-5-9-17-14/h4-11,15H,3,12H2,1-2H3/t15-/m0/s1. The van der Waals surface area contributed by atoms with Crippen LogP contribution in [0.5, 0.6) is 0 Å². The molecule has 0 radical (unpaired) electrons. The van der Waals surface area contributed by atoms with Crippen LogP contribution in [0.15, 0.2) is 48.9 Å². The lowest BCUT2D eigenvalue weighted by molar-refractivity contribution is 0.227. The Labute approximate surface area is 109 Å². The molecule has 0 saturated heterocycles. The van der Waals surface area contributed by atoms with Crippen LogP contribution in [0.4, 0.5) is 0 Å². The van der Waals surface area contributed by atoms with Gasteiger partial charge in [-0.3, -0.25) is 14.9 Å². The van der Waals surface area contributed by atoms with Crippen molar-refractivity contribution in [1.82, 2.24) is 14.9 Å². The largest absolute Gasteiger partial charge is 0.294 e. The van der Waals surface area contributed by atoms with E-state index < -0.39 is 0 Å². The maximum atomic E-state index is 4.38. The van der Waals surface area contributed by atoms with Gasteiger partial charge in [-0.25, -0.2) is 0 Å². The fraction of sp³-hybridized carbons (Fsp3) is 0.333. The van der Waals surface area contributed by atoms with Gasteiger partial charge >= 0.3 is 0 Å². The van der Waals surface area contributed by atoms with E-state index in [1.165, 1.54) is 5.56 Å².